The summed E-state index contributed by atoms with van der Waals surface area (Å²) in [6.45, 7) is 0. The normalized spacial score (nSPS) is 10.8. The first-order valence-corrected chi connectivity index (χ1v) is 6.25. The number of anilines is 1. The molecule has 0 saturated carbocycles. The predicted molar refractivity (Wildman–Crippen MR) is 76.1 cm³/mol. The van der Waals surface area contributed by atoms with Gasteiger partial charge in [-0.3, -0.25) is 0 Å². The van der Waals surface area contributed by atoms with E-state index in [9.17, 15) is 0 Å². The molecule has 2 heterocycles. The van der Waals surface area contributed by atoms with Gasteiger partial charge in [-0.2, -0.15) is 15.0 Å². The first-order valence-electron chi connectivity index (χ1n) is 5.87. The summed E-state index contributed by atoms with van der Waals surface area (Å²) in [5.41, 5.74) is 0.606. The Balaban J connectivity index is 2.17. The van der Waals surface area contributed by atoms with E-state index in [0.717, 1.165) is 5.39 Å². The van der Waals surface area contributed by atoms with Crippen LogP contribution in [0.1, 0.15) is 0 Å². The van der Waals surface area contributed by atoms with E-state index in [2.05, 4.69) is 20.3 Å². The fraction of sp³-hybridized carbons (Fsp3) is 0.154. The Hall–Kier alpha value is -2.34. The van der Waals surface area contributed by atoms with E-state index in [1.54, 1.807) is 13.1 Å². The second-order valence-electron chi connectivity index (χ2n) is 3.99. The van der Waals surface area contributed by atoms with E-state index in [1.807, 2.05) is 18.2 Å². The number of methoxy groups -OCH3 is 1. The summed E-state index contributed by atoms with van der Waals surface area (Å²) >= 11 is 6.09. The van der Waals surface area contributed by atoms with Gasteiger partial charge < -0.3 is 14.5 Å². The van der Waals surface area contributed by atoms with E-state index in [1.165, 1.54) is 7.11 Å². The molecule has 0 amide bonds. The van der Waals surface area contributed by atoms with Crippen molar-refractivity contribution in [3.63, 3.8) is 0 Å². The van der Waals surface area contributed by atoms with Crippen molar-refractivity contribution >= 4 is 28.5 Å². The van der Waals surface area contributed by atoms with Crippen LogP contribution in [0.25, 0.3) is 22.6 Å². The minimum absolute atomic E-state index is 0.214. The standard InChI is InChI=1S/C13H11ClN4O2/c1-15-12-16-11(17-13(18-12)19-2)9-6-7-4-3-5-8(14)10(7)20-9/h3-6H,1-2H3,(H,15,16,17,18). The highest BCUT2D eigenvalue weighted by Gasteiger charge is 2.14. The largest absolute Gasteiger partial charge is 0.467 e. The highest BCUT2D eigenvalue weighted by molar-refractivity contribution is 6.34. The summed E-state index contributed by atoms with van der Waals surface area (Å²) in [5.74, 6) is 1.29. The van der Waals surface area contributed by atoms with Gasteiger partial charge in [-0.1, -0.05) is 23.7 Å². The minimum atomic E-state index is 0.214. The summed E-state index contributed by atoms with van der Waals surface area (Å²) < 4.78 is 10.8. The first-order chi connectivity index (χ1) is 9.71. The third-order valence-corrected chi connectivity index (χ3v) is 3.04. The maximum absolute atomic E-state index is 6.09. The number of nitrogens with zero attached hydrogens (tertiary/aromatic N) is 3. The van der Waals surface area contributed by atoms with Gasteiger partial charge in [0.05, 0.1) is 12.1 Å². The van der Waals surface area contributed by atoms with Gasteiger partial charge in [-0.25, -0.2) is 0 Å². The number of halogens is 1. The fourth-order valence-corrected chi connectivity index (χ4v) is 2.03. The number of para-hydroxylation sites is 1. The molecule has 0 bridgehead atoms. The lowest BCUT2D eigenvalue weighted by atomic mass is 10.2. The Morgan fingerprint density at radius 1 is 1.25 bits per heavy atom. The van der Waals surface area contributed by atoms with Gasteiger partial charge >= 0.3 is 6.01 Å². The number of aromatic nitrogens is 3. The van der Waals surface area contributed by atoms with Crippen LogP contribution < -0.4 is 10.1 Å². The Morgan fingerprint density at radius 2 is 2.10 bits per heavy atom. The third kappa shape index (κ3) is 2.14. The zero-order valence-electron chi connectivity index (χ0n) is 10.8. The van der Waals surface area contributed by atoms with Crippen LogP contribution >= 0.6 is 11.6 Å². The number of nitrogens with one attached hydrogen (secondary N) is 1. The van der Waals surface area contributed by atoms with Crippen LogP contribution in [0.2, 0.25) is 5.02 Å². The van der Waals surface area contributed by atoms with E-state index < -0.39 is 0 Å². The Morgan fingerprint density at radius 3 is 2.80 bits per heavy atom. The molecular weight excluding hydrogens is 280 g/mol. The fourth-order valence-electron chi connectivity index (χ4n) is 1.81. The number of fused-ring (bicyclic) bond motifs is 1. The molecule has 0 fully saturated rings. The number of hydrogen-bond donors (Lipinski definition) is 1. The second kappa shape index (κ2) is 4.97. The molecule has 0 aliphatic carbocycles. The Kier molecular flexibility index (Phi) is 3.15. The molecule has 2 aromatic heterocycles. The average molecular weight is 291 g/mol. The van der Waals surface area contributed by atoms with E-state index in [-0.39, 0.29) is 6.01 Å². The zero-order valence-corrected chi connectivity index (χ0v) is 11.6. The maximum atomic E-state index is 6.09. The van der Waals surface area contributed by atoms with Crippen LogP contribution in [0.3, 0.4) is 0 Å². The van der Waals surface area contributed by atoms with Gasteiger partial charge in [0, 0.05) is 12.4 Å². The number of benzene rings is 1. The van der Waals surface area contributed by atoms with Gasteiger partial charge in [0.1, 0.15) is 0 Å². The molecule has 0 atom stereocenters. The molecule has 3 aromatic rings. The molecule has 7 heteroatoms. The lowest BCUT2D eigenvalue weighted by Crippen LogP contribution is -2.02. The molecule has 0 spiro atoms. The number of hydrogen-bond acceptors (Lipinski definition) is 6. The molecule has 3 rings (SSSR count). The van der Waals surface area contributed by atoms with Gasteiger partial charge in [0.25, 0.3) is 0 Å². The highest BCUT2D eigenvalue weighted by Crippen LogP contribution is 2.31. The molecule has 0 saturated heterocycles. The molecule has 0 aliphatic rings. The van der Waals surface area contributed by atoms with Crippen LogP contribution in [-0.4, -0.2) is 29.1 Å². The van der Waals surface area contributed by atoms with Gasteiger partial charge in [0.2, 0.25) is 11.8 Å². The first kappa shape index (κ1) is 12.7. The van der Waals surface area contributed by atoms with Crippen molar-refractivity contribution < 1.29 is 9.15 Å². The van der Waals surface area contributed by atoms with Crippen molar-refractivity contribution in [3.05, 3.63) is 29.3 Å². The monoisotopic (exact) mass is 290 g/mol. The van der Waals surface area contributed by atoms with E-state index in [0.29, 0.717) is 28.1 Å². The number of furan rings is 1. The summed E-state index contributed by atoms with van der Waals surface area (Å²) in [7, 11) is 3.21. The van der Waals surface area contributed by atoms with Gasteiger partial charge in [-0.15, -0.1) is 0 Å². The molecule has 1 N–H and O–H groups in total. The summed E-state index contributed by atoms with van der Waals surface area (Å²) in [4.78, 5) is 12.5. The maximum Gasteiger partial charge on any atom is 0.321 e. The van der Waals surface area contributed by atoms with Crippen molar-refractivity contribution in [3.8, 4) is 17.6 Å². The molecule has 0 radical (unpaired) electrons. The molecule has 6 nitrogen and oxygen atoms in total. The number of rotatable bonds is 3. The molecular formula is C13H11ClN4O2. The third-order valence-electron chi connectivity index (χ3n) is 2.74. The van der Waals surface area contributed by atoms with Crippen molar-refractivity contribution in [2.24, 2.45) is 0 Å². The van der Waals surface area contributed by atoms with Crippen molar-refractivity contribution in [2.75, 3.05) is 19.5 Å². The molecule has 20 heavy (non-hydrogen) atoms. The van der Waals surface area contributed by atoms with Crippen molar-refractivity contribution in [1.82, 2.24) is 15.0 Å². The van der Waals surface area contributed by atoms with Gasteiger partial charge in [0.15, 0.2) is 11.3 Å². The lowest BCUT2D eigenvalue weighted by molar-refractivity contribution is 0.379. The number of ether oxygens (including phenoxy) is 1. The Labute approximate surface area is 119 Å². The topological polar surface area (TPSA) is 73.1 Å². The highest BCUT2D eigenvalue weighted by atomic mass is 35.5. The van der Waals surface area contributed by atoms with Crippen LogP contribution in [0.4, 0.5) is 5.95 Å². The van der Waals surface area contributed by atoms with Gasteiger partial charge in [-0.05, 0) is 12.1 Å². The summed E-state index contributed by atoms with van der Waals surface area (Å²) in [6, 6.07) is 7.58. The minimum Gasteiger partial charge on any atom is -0.467 e. The molecule has 1 aromatic carbocycles. The average Bonchev–Trinajstić information content (AvgIpc) is 2.92. The predicted octanol–water partition coefficient (Wildman–Crippen LogP) is 2.99. The van der Waals surface area contributed by atoms with Crippen LogP contribution in [0.5, 0.6) is 6.01 Å². The Bertz CT molecular complexity index is 750. The molecule has 0 aliphatic heterocycles. The van der Waals surface area contributed by atoms with Crippen LogP contribution in [0.15, 0.2) is 28.7 Å². The van der Waals surface area contributed by atoms with E-state index in [4.69, 9.17) is 20.8 Å². The second-order valence-corrected chi connectivity index (χ2v) is 4.40. The quantitative estimate of drug-likeness (QED) is 0.799. The summed E-state index contributed by atoms with van der Waals surface area (Å²) in [5, 5.41) is 4.28. The smallest absolute Gasteiger partial charge is 0.321 e. The van der Waals surface area contributed by atoms with E-state index >= 15 is 0 Å². The summed E-state index contributed by atoms with van der Waals surface area (Å²) in [6.07, 6.45) is 0. The van der Waals surface area contributed by atoms with Crippen molar-refractivity contribution in [1.29, 1.82) is 0 Å². The van der Waals surface area contributed by atoms with Crippen LogP contribution in [-0.2, 0) is 0 Å². The SMILES string of the molecule is CNc1nc(OC)nc(-c2cc3cccc(Cl)c3o2)n1. The molecule has 0 unspecified atom stereocenters. The van der Waals surface area contributed by atoms with Crippen LogP contribution in [0, 0.1) is 0 Å². The zero-order chi connectivity index (χ0) is 14.1. The van der Waals surface area contributed by atoms with Crippen molar-refractivity contribution in [2.45, 2.75) is 0 Å². The molecule has 102 valence electrons. The lowest BCUT2D eigenvalue weighted by Gasteiger charge is -2.03.